The molecule has 0 aliphatic carbocycles. The van der Waals surface area contributed by atoms with E-state index in [1.165, 1.54) is 0 Å². The molecule has 7 heavy (non-hydrogen) atoms. The molecule has 0 aliphatic rings. The molecule has 3 nitrogen and oxygen atoms in total. The molecule has 0 fully saturated rings. The van der Waals surface area contributed by atoms with E-state index in [1.807, 2.05) is 0 Å². The Labute approximate surface area is 68.0 Å². The third-order valence-electron chi connectivity index (χ3n) is 0. The van der Waals surface area contributed by atoms with Crippen molar-refractivity contribution in [2.45, 2.75) is 6.92 Å². The van der Waals surface area contributed by atoms with Crippen molar-refractivity contribution in [2.24, 2.45) is 0 Å². The Morgan fingerprint density at radius 1 is 1.86 bits per heavy atom. The topological polar surface area (TPSA) is 68.1 Å². The third-order valence-corrected chi connectivity index (χ3v) is 0. The summed E-state index contributed by atoms with van der Waals surface area (Å²) < 4.78 is 0. The molecule has 0 saturated carbocycles. The fraction of sp³-hybridized carbons (Fsp3) is 1.00. The molecule has 0 rings (SSSR count). The van der Waals surface area contributed by atoms with Gasteiger partial charge in [0.15, 0.2) is 0 Å². The van der Waals surface area contributed by atoms with Gasteiger partial charge in [0, 0.05) is 6.61 Å². The Balaban J connectivity index is -0.0000000160. The summed E-state index contributed by atoms with van der Waals surface area (Å²) in [5, 5.41) is 15.2. The predicted octanol–water partition coefficient (Wildman–Crippen LogP) is -5.67. The maximum atomic E-state index is 7.58. The van der Waals surface area contributed by atoms with Crippen LogP contribution in [0.15, 0.2) is 0 Å². The molecule has 0 aliphatic heterocycles. The van der Waals surface area contributed by atoms with Gasteiger partial charge in [-0.1, -0.05) is 0 Å². The molecule has 0 aromatic heterocycles. The van der Waals surface area contributed by atoms with Crippen LogP contribution in [0.25, 0.3) is 0 Å². The summed E-state index contributed by atoms with van der Waals surface area (Å²) in [6, 6.07) is 0. The fourth-order valence-electron chi connectivity index (χ4n) is 0. The summed E-state index contributed by atoms with van der Waals surface area (Å²) >= 11 is 0. The van der Waals surface area contributed by atoms with Crippen molar-refractivity contribution in [3.8, 4) is 0 Å². The molecule has 0 radical (unpaired) electrons. The maximum absolute atomic E-state index is 7.58. The molecular weight excluding hydrogens is 104 g/mol. The van der Waals surface area contributed by atoms with Crippen LogP contribution in [0.3, 0.4) is 0 Å². The smallest absolute Gasteiger partial charge is 1.00 e. The molecule has 0 spiro atoms. The van der Waals surface area contributed by atoms with E-state index in [-0.39, 0.29) is 37.6 Å². The Morgan fingerprint density at radius 3 is 1.86 bits per heavy atom. The van der Waals surface area contributed by atoms with Crippen LogP contribution in [0.5, 0.6) is 0 Å². The van der Waals surface area contributed by atoms with E-state index in [1.54, 1.807) is 6.92 Å². The van der Waals surface area contributed by atoms with Crippen LogP contribution in [0.1, 0.15) is 8.35 Å². The minimum absolute atomic E-state index is 0. The van der Waals surface area contributed by atoms with Gasteiger partial charge in [0.1, 0.15) is 0 Å². The molecule has 0 aromatic rings. The molecule has 5 N–H and O–H groups in total. The van der Waals surface area contributed by atoms with Crippen molar-refractivity contribution in [1.29, 1.82) is 0 Å². The molecule has 0 amide bonds. The van der Waals surface area contributed by atoms with Gasteiger partial charge in [-0.05, 0) is 6.92 Å². The monoisotopic (exact) mass is 117 g/mol. The van der Waals surface area contributed by atoms with Crippen LogP contribution < -0.4 is 35.2 Å². The summed E-state index contributed by atoms with van der Waals surface area (Å²) in [6.45, 7) is 1.93. The van der Waals surface area contributed by atoms with E-state index in [0.717, 1.165) is 0 Å². The summed E-state index contributed by atoms with van der Waals surface area (Å²) in [7, 11) is -0.750. The maximum Gasteiger partial charge on any atom is 1.00 e. The van der Waals surface area contributed by atoms with Crippen LogP contribution in [-0.4, -0.2) is 24.4 Å². The van der Waals surface area contributed by atoms with E-state index in [4.69, 9.17) is 10.1 Å². The van der Waals surface area contributed by atoms with E-state index in [9.17, 15) is 0 Å². The van der Waals surface area contributed by atoms with Gasteiger partial charge >= 0.3 is 37.2 Å². The summed E-state index contributed by atoms with van der Waals surface area (Å²) in [5.74, 6) is 0. The summed E-state index contributed by atoms with van der Waals surface area (Å²) in [4.78, 5) is 0. The second-order valence-electron chi connectivity index (χ2n) is 0.632. The van der Waals surface area contributed by atoms with E-state index in [0.29, 0.717) is 0 Å². The van der Waals surface area contributed by atoms with Crippen LogP contribution in [-0.2, 0) is 0 Å². The van der Waals surface area contributed by atoms with Crippen LogP contribution in [0.4, 0.5) is 0 Å². The Morgan fingerprint density at radius 2 is 1.86 bits per heavy atom. The van der Waals surface area contributed by atoms with Crippen molar-refractivity contribution in [1.82, 2.24) is 0 Å². The first-order chi connectivity index (χ1) is 2.83. The van der Waals surface area contributed by atoms with Gasteiger partial charge in [-0.25, -0.2) is 0 Å². The predicted molar refractivity (Wildman–Crippen MR) is 27.5 cm³/mol. The molecule has 42 valence electrons. The number of quaternary nitrogens is 1. The number of rotatable bonds is 0. The Hall–Kier alpha value is 0.945. The van der Waals surface area contributed by atoms with Gasteiger partial charge < -0.3 is 17.2 Å². The van der Waals surface area contributed by atoms with Crippen molar-refractivity contribution in [2.75, 3.05) is 6.61 Å². The minimum Gasteiger partial charge on any atom is -1.00 e. The summed E-state index contributed by atoms with van der Waals surface area (Å²) in [5.41, 5.74) is 3.17. The first-order valence-electron chi connectivity index (χ1n) is 2.18. The standard InChI is InChI=1S/C2H6O.BH6NO.Na.H/c1-2-3;2-1-3;;/h3H,2H2,1H3;3H,1H2,2H3;;/q;;+1;-1. The third kappa shape index (κ3) is 190. The number of hydrogen-bond donors (Lipinski definition) is 3. The van der Waals surface area contributed by atoms with Crippen LogP contribution in [0.2, 0.25) is 0 Å². The van der Waals surface area contributed by atoms with Gasteiger partial charge in [-0.3, -0.25) is 0 Å². The first kappa shape index (κ1) is 15.7. The summed E-state index contributed by atoms with van der Waals surface area (Å²) in [6.07, 6.45) is 0. The van der Waals surface area contributed by atoms with Crippen LogP contribution >= 0.6 is 0 Å². The zero-order valence-electron chi connectivity index (χ0n) is 6.31. The molecule has 0 unspecified atom stereocenters. The van der Waals surface area contributed by atoms with E-state index >= 15 is 0 Å². The SMILES string of the molecule is CCO.[H-].[NH3+][BH2-]O.[Na+]. The molecule has 5 heteroatoms. The van der Waals surface area contributed by atoms with E-state index < -0.39 is 7.62 Å². The molecular formula is C2H13BNNaO2. The number of aliphatic hydroxyl groups is 1. The Kier molecular flexibility index (Phi) is 63.4. The minimum atomic E-state index is -0.750. The van der Waals surface area contributed by atoms with Crippen LogP contribution in [0, 0.1) is 0 Å². The van der Waals surface area contributed by atoms with Gasteiger partial charge in [0.2, 0.25) is 0 Å². The number of hydrogen-bond acceptors (Lipinski definition) is 2. The number of aliphatic hydroxyl groups excluding tert-OH is 1. The zero-order chi connectivity index (χ0) is 5.41. The van der Waals surface area contributed by atoms with Crippen molar-refractivity contribution < 1.29 is 46.8 Å². The normalized spacial score (nSPS) is 5.14. The average molecular weight is 117 g/mol. The van der Waals surface area contributed by atoms with Gasteiger partial charge in [0.05, 0.1) is 0 Å². The second kappa shape index (κ2) is 28.3. The van der Waals surface area contributed by atoms with Crippen molar-refractivity contribution >= 4 is 7.62 Å². The largest absolute Gasteiger partial charge is 1.00 e. The zero-order valence-corrected chi connectivity index (χ0v) is 7.31. The Bertz CT molecular complexity index is 22.0. The molecule has 0 heterocycles. The first-order valence-corrected chi connectivity index (χ1v) is 2.18. The van der Waals surface area contributed by atoms with Crippen molar-refractivity contribution in [3.63, 3.8) is 0 Å². The fourth-order valence-corrected chi connectivity index (χ4v) is 0. The second-order valence-corrected chi connectivity index (χ2v) is 0.632. The van der Waals surface area contributed by atoms with Gasteiger partial charge in [-0.15, -0.1) is 0 Å². The molecule has 0 atom stereocenters. The quantitative estimate of drug-likeness (QED) is 0.277. The van der Waals surface area contributed by atoms with E-state index in [2.05, 4.69) is 5.64 Å². The molecule has 0 aromatic carbocycles. The van der Waals surface area contributed by atoms with Gasteiger partial charge in [-0.2, -0.15) is 0 Å². The van der Waals surface area contributed by atoms with Crippen molar-refractivity contribution in [3.05, 3.63) is 0 Å². The van der Waals surface area contributed by atoms with Gasteiger partial charge in [0.25, 0.3) is 0 Å². The molecule has 0 bridgehead atoms. The molecule has 0 saturated heterocycles. The average Bonchev–Trinajstić information content (AvgIpc) is 1.39.